The van der Waals surface area contributed by atoms with Crippen molar-refractivity contribution < 1.29 is 27.8 Å². The van der Waals surface area contributed by atoms with E-state index in [0.717, 1.165) is 128 Å². The van der Waals surface area contributed by atoms with Gasteiger partial charge in [-0.1, -0.05) is 64.7 Å². The molecule has 0 aliphatic rings. The summed E-state index contributed by atoms with van der Waals surface area (Å²) < 4.78 is 35.4. The second-order valence-corrected chi connectivity index (χ2v) is 33.8. The van der Waals surface area contributed by atoms with Crippen LogP contribution in [0, 0.1) is 0 Å². The Bertz CT molecular complexity index is 3670. The van der Waals surface area contributed by atoms with Crippen LogP contribution in [-0.2, 0) is 8.85 Å². The molecule has 0 spiro atoms. The van der Waals surface area contributed by atoms with Crippen molar-refractivity contribution in [3.63, 3.8) is 0 Å². The summed E-state index contributed by atoms with van der Waals surface area (Å²) in [6.07, 6.45) is 10.4. The highest BCUT2D eigenvalue weighted by atomic mass is 35.5. The number of nitrogens with zero attached hydrogens (tertiary/aromatic N) is 9. The van der Waals surface area contributed by atoms with Crippen LogP contribution in [0.25, 0.3) is 55.8 Å². The number of anilines is 4. The van der Waals surface area contributed by atoms with Gasteiger partial charge in [-0.2, -0.15) is 0 Å². The van der Waals surface area contributed by atoms with Gasteiger partial charge in [0.25, 0.3) is 0 Å². The third-order valence-corrected chi connectivity index (χ3v) is 25.2. The fourth-order valence-corrected chi connectivity index (χ4v) is 11.3. The summed E-state index contributed by atoms with van der Waals surface area (Å²) in [5.74, 6) is 2.89. The first-order valence-electron chi connectivity index (χ1n) is 28.0. The molecule has 0 amide bonds. The van der Waals surface area contributed by atoms with Crippen LogP contribution in [-0.4, -0.2) is 106 Å². The van der Waals surface area contributed by atoms with Crippen LogP contribution in [0.4, 0.5) is 22.7 Å². The first-order chi connectivity index (χ1) is 40.0. The second kappa shape index (κ2) is 27.2. The third-order valence-electron chi connectivity index (χ3n) is 15.7. The minimum atomic E-state index is -1.86. The molecule has 0 saturated heterocycles. The van der Waals surface area contributed by atoms with Crippen LogP contribution in [0.1, 0.15) is 54.4 Å². The average molecular weight is 1210 g/mol. The number of hydrogen-bond acceptors (Lipinski definition) is 15. The van der Waals surface area contributed by atoms with Gasteiger partial charge in [0.05, 0.1) is 80.0 Å². The van der Waals surface area contributed by atoms with Crippen LogP contribution in [0.3, 0.4) is 0 Å². The second-order valence-electron chi connectivity index (χ2n) is 23.4. The molecule has 9 aromatic rings. The number of aromatic nitrogens is 7. The molecular weight excluding hydrogens is 1130 g/mol. The molecule has 0 aliphatic heterocycles. The third kappa shape index (κ3) is 15.7. The summed E-state index contributed by atoms with van der Waals surface area (Å²) in [4.78, 5) is 36.5. The van der Waals surface area contributed by atoms with E-state index in [-0.39, 0.29) is 10.1 Å². The smallest absolute Gasteiger partial charge is 0.191 e. The number of hydrogen-bond donors (Lipinski definition) is 0. The van der Waals surface area contributed by atoms with E-state index in [0.29, 0.717) is 23.5 Å². The lowest BCUT2D eigenvalue weighted by atomic mass is 10.1. The van der Waals surface area contributed by atoms with Gasteiger partial charge in [0.2, 0.25) is 0 Å². The number of halogens is 2. The highest BCUT2D eigenvalue weighted by Crippen LogP contribution is 2.40. The lowest BCUT2D eigenvalue weighted by Gasteiger charge is -2.36. The first-order valence-corrected chi connectivity index (χ1v) is 34.6. The first kappa shape index (κ1) is 62.8. The monoisotopic (exact) mass is 1210 g/mol. The topological polar surface area (TPSA) is 152 Å². The Hall–Kier alpha value is -7.26. The van der Waals surface area contributed by atoms with E-state index >= 15 is 0 Å². The van der Waals surface area contributed by atoms with Crippen molar-refractivity contribution >= 4 is 84.7 Å². The Morgan fingerprint density at radius 2 is 0.774 bits per heavy atom. The van der Waals surface area contributed by atoms with Crippen molar-refractivity contribution in [1.29, 1.82) is 0 Å². The molecular formula is C65H77Cl2N9O6Si2. The van der Waals surface area contributed by atoms with E-state index in [1.807, 2.05) is 72.8 Å². The Labute approximate surface area is 507 Å². The van der Waals surface area contributed by atoms with Gasteiger partial charge in [-0.05, 0) is 122 Å². The SMILES string of the molecule is COc1cc(OC)cc(N(CCCO[Si](C)(C)C(C)(C)C)c2ccc3ncc(-c4ccnc(-c5ccnc(Cl)c5)c4)nc3c2)c1.COc1cc(OC)cc(N(CCCO[Si](C)(C)C(C)(C)C)c2ccc3ncc(-c4ccnc(Cl)c4)nc3c2)c1. The lowest BCUT2D eigenvalue weighted by molar-refractivity contribution is 0.284. The van der Waals surface area contributed by atoms with E-state index in [2.05, 4.69) is 122 Å². The van der Waals surface area contributed by atoms with Gasteiger partial charge in [-0.15, -0.1) is 0 Å². The average Bonchev–Trinajstić information content (AvgIpc) is 3.54. The van der Waals surface area contributed by atoms with Crippen molar-refractivity contribution in [2.75, 3.05) is 64.5 Å². The van der Waals surface area contributed by atoms with Crippen LogP contribution < -0.4 is 28.7 Å². The van der Waals surface area contributed by atoms with Gasteiger partial charge in [0, 0.05) is 121 Å². The van der Waals surface area contributed by atoms with E-state index in [4.69, 9.17) is 66.0 Å². The van der Waals surface area contributed by atoms with Gasteiger partial charge in [0.1, 0.15) is 33.3 Å². The molecule has 0 unspecified atom stereocenters. The van der Waals surface area contributed by atoms with Crippen LogP contribution in [0.2, 0.25) is 46.6 Å². The summed E-state index contributed by atoms with van der Waals surface area (Å²) >= 11 is 12.2. The predicted molar refractivity (Wildman–Crippen MR) is 347 cm³/mol. The normalized spacial score (nSPS) is 12.0. The molecule has 15 nitrogen and oxygen atoms in total. The molecule has 0 fully saturated rings. The molecule has 4 aromatic carbocycles. The van der Waals surface area contributed by atoms with Gasteiger partial charge < -0.3 is 37.6 Å². The number of benzene rings is 4. The summed E-state index contributed by atoms with van der Waals surface area (Å²) in [7, 11) is 2.96. The van der Waals surface area contributed by atoms with Crippen LogP contribution in [0.5, 0.6) is 23.0 Å². The van der Waals surface area contributed by atoms with Gasteiger partial charge in [-0.25, -0.2) is 19.9 Å². The molecule has 0 saturated carbocycles. The van der Waals surface area contributed by atoms with Crippen molar-refractivity contribution in [3.8, 4) is 56.8 Å². The Morgan fingerprint density at radius 1 is 0.405 bits per heavy atom. The zero-order valence-corrected chi connectivity index (χ0v) is 54.3. The summed E-state index contributed by atoms with van der Waals surface area (Å²) in [6.45, 7) is 25.6. The largest absolute Gasteiger partial charge is 0.497 e. The molecule has 84 heavy (non-hydrogen) atoms. The van der Waals surface area contributed by atoms with E-state index in [9.17, 15) is 0 Å². The Balaban J connectivity index is 0.000000221. The van der Waals surface area contributed by atoms with Crippen molar-refractivity contribution in [3.05, 3.63) is 150 Å². The minimum absolute atomic E-state index is 0.155. The lowest BCUT2D eigenvalue weighted by Crippen LogP contribution is -2.41. The van der Waals surface area contributed by atoms with Gasteiger partial charge in [-0.3, -0.25) is 15.0 Å². The van der Waals surface area contributed by atoms with E-state index in [1.165, 1.54) is 0 Å². The maximum absolute atomic E-state index is 6.51. The number of fused-ring (bicyclic) bond motifs is 2. The minimum Gasteiger partial charge on any atom is -0.497 e. The molecule has 0 atom stereocenters. The predicted octanol–water partition coefficient (Wildman–Crippen LogP) is 16.9. The van der Waals surface area contributed by atoms with Crippen LogP contribution in [0.15, 0.2) is 140 Å². The number of rotatable bonds is 21. The number of methoxy groups -OCH3 is 4. The summed E-state index contributed by atoms with van der Waals surface area (Å²) in [6, 6.07) is 35.4. The Morgan fingerprint density at radius 3 is 1.14 bits per heavy atom. The number of pyridine rings is 3. The molecule has 0 aliphatic carbocycles. The zero-order chi connectivity index (χ0) is 60.4. The fourth-order valence-electron chi connectivity index (χ4n) is 8.73. The van der Waals surface area contributed by atoms with E-state index < -0.39 is 16.6 Å². The molecule has 5 heterocycles. The standard InChI is InChI=1S/C35H40ClN5O3Si.C30H37ClN4O3Si/c1-35(2,3)45(6,7)44-16-8-15-41(27-19-28(42-4)22-29(20-27)43-5)26-9-10-30-32(21-26)40-33(23-39-30)24-11-13-37-31(17-24)25-12-14-38-34(36)18-25;1-30(2,3)39(6,7)38-14-8-13-35(23-16-24(36-4)19-25(17-23)37-5)22-9-10-26-27(18-22)34-28(20-33-26)21-11-12-32-29(31)15-21/h9-14,17-23H,8,15-16H2,1-7H3;9-12,15-20H,8,13-14H2,1-7H3. The van der Waals surface area contributed by atoms with Crippen molar-refractivity contribution in [2.45, 2.75) is 90.6 Å². The highest BCUT2D eigenvalue weighted by molar-refractivity contribution is 6.74. The maximum Gasteiger partial charge on any atom is 0.191 e. The molecule has 19 heteroatoms. The quantitative estimate of drug-likeness (QED) is 0.0381. The fraction of sp³-hybridized carbons (Fsp3) is 0.338. The van der Waals surface area contributed by atoms with Crippen molar-refractivity contribution in [1.82, 2.24) is 34.9 Å². The molecule has 0 bridgehead atoms. The molecule has 9 rings (SSSR count). The summed E-state index contributed by atoms with van der Waals surface area (Å²) in [5, 5.41) is 1.16. The van der Waals surface area contributed by atoms with Gasteiger partial charge >= 0.3 is 0 Å². The number of ether oxygens (including phenoxy) is 4. The van der Waals surface area contributed by atoms with Gasteiger partial charge in [0.15, 0.2) is 16.6 Å². The van der Waals surface area contributed by atoms with E-state index in [1.54, 1.807) is 71.6 Å². The molecule has 0 N–H and O–H groups in total. The zero-order valence-electron chi connectivity index (χ0n) is 50.8. The molecule has 5 aromatic heterocycles. The molecule has 440 valence electrons. The Kier molecular flexibility index (Phi) is 20.3. The maximum atomic E-state index is 6.51. The molecule has 0 radical (unpaired) electrons. The van der Waals surface area contributed by atoms with Crippen LogP contribution >= 0.6 is 23.2 Å². The summed E-state index contributed by atoms with van der Waals surface area (Å²) in [5.41, 5.74) is 12.0. The highest BCUT2D eigenvalue weighted by Gasteiger charge is 2.38. The van der Waals surface area contributed by atoms with Crippen molar-refractivity contribution in [2.24, 2.45) is 0 Å².